The highest BCUT2D eigenvalue weighted by Crippen LogP contribution is 2.29. The van der Waals surface area contributed by atoms with Crippen molar-refractivity contribution in [2.45, 2.75) is 6.42 Å². The van der Waals surface area contributed by atoms with Crippen LogP contribution in [0.15, 0.2) is 60.7 Å². The van der Waals surface area contributed by atoms with Gasteiger partial charge in [-0.1, -0.05) is 60.7 Å². The normalized spacial score (nSPS) is 11.6. The summed E-state index contributed by atoms with van der Waals surface area (Å²) < 4.78 is 0. The molecule has 3 aromatic carbocycles. The molecule has 0 saturated carbocycles. The van der Waals surface area contributed by atoms with Crippen molar-refractivity contribution in [1.82, 2.24) is 0 Å². The fourth-order valence-electron chi connectivity index (χ4n) is 2.50. The molecular weight excluding hydrogens is 232 g/mol. The van der Waals surface area contributed by atoms with Crippen LogP contribution in [0.4, 0.5) is 0 Å². The molecule has 0 aromatic heterocycles. The second-order valence-electron chi connectivity index (χ2n) is 4.65. The third kappa shape index (κ3) is 2.25. The standard InChI is InChI=1S/C18H16O/c19-12-6-5-11-18-16-9-3-1-7-14(16)13-15-8-2-4-10-17(15)18/h1-5,7-11,13,19H,6,12H2. The summed E-state index contributed by atoms with van der Waals surface area (Å²) in [6, 6.07) is 19.1. The summed E-state index contributed by atoms with van der Waals surface area (Å²) in [4.78, 5) is 0. The highest BCUT2D eigenvalue weighted by atomic mass is 16.2. The zero-order chi connectivity index (χ0) is 13.1. The highest BCUT2D eigenvalue weighted by Gasteiger charge is 2.04. The quantitative estimate of drug-likeness (QED) is 0.682. The molecule has 1 N–H and O–H groups in total. The van der Waals surface area contributed by atoms with Crippen molar-refractivity contribution in [3.63, 3.8) is 0 Å². The maximum absolute atomic E-state index is 8.92. The Morgan fingerprint density at radius 3 is 2.00 bits per heavy atom. The van der Waals surface area contributed by atoms with Crippen LogP contribution in [0.3, 0.4) is 0 Å². The third-order valence-electron chi connectivity index (χ3n) is 3.39. The lowest BCUT2D eigenvalue weighted by Gasteiger charge is -2.08. The van der Waals surface area contributed by atoms with Gasteiger partial charge in [-0.05, 0) is 39.6 Å². The van der Waals surface area contributed by atoms with Gasteiger partial charge in [-0.2, -0.15) is 0 Å². The molecule has 0 aliphatic heterocycles. The first kappa shape index (κ1) is 11.9. The van der Waals surface area contributed by atoms with E-state index in [-0.39, 0.29) is 6.61 Å². The molecule has 3 rings (SSSR count). The van der Waals surface area contributed by atoms with Crippen LogP contribution in [0.25, 0.3) is 27.6 Å². The van der Waals surface area contributed by atoms with Gasteiger partial charge in [-0.15, -0.1) is 0 Å². The van der Waals surface area contributed by atoms with E-state index in [1.165, 1.54) is 27.1 Å². The highest BCUT2D eigenvalue weighted by molar-refractivity contribution is 6.06. The molecule has 0 aliphatic rings. The zero-order valence-electron chi connectivity index (χ0n) is 10.7. The van der Waals surface area contributed by atoms with Crippen LogP contribution >= 0.6 is 0 Å². The second-order valence-corrected chi connectivity index (χ2v) is 4.65. The lowest BCUT2D eigenvalue weighted by atomic mass is 9.96. The van der Waals surface area contributed by atoms with Gasteiger partial charge in [-0.25, -0.2) is 0 Å². The van der Waals surface area contributed by atoms with E-state index in [0.717, 1.165) is 0 Å². The number of aliphatic hydroxyl groups is 1. The number of hydrogen-bond acceptors (Lipinski definition) is 1. The average molecular weight is 248 g/mol. The fourth-order valence-corrected chi connectivity index (χ4v) is 2.50. The minimum Gasteiger partial charge on any atom is -0.396 e. The Balaban J connectivity index is 2.33. The second kappa shape index (κ2) is 5.25. The predicted molar refractivity (Wildman–Crippen MR) is 82.2 cm³/mol. The van der Waals surface area contributed by atoms with Crippen molar-refractivity contribution in [1.29, 1.82) is 0 Å². The Morgan fingerprint density at radius 1 is 0.842 bits per heavy atom. The molecule has 0 spiro atoms. The zero-order valence-corrected chi connectivity index (χ0v) is 10.7. The number of fused-ring (bicyclic) bond motifs is 2. The molecule has 0 fully saturated rings. The molecule has 0 aliphatic carbocycles. The molecule has 1 heteroatoms. The van der Waals surface area contributed by atoms with E-state index in [4.69, 9.17) is 5.11 Å². The average Bonchev–Trinajstić information content (AvgIpc) is 2.46. The SMILES string of the molecule is OCCC=Cc1c2ccccc2cc2ccccc12. The van der Waals surface area contributed by atoms with Crippen molar-refractivity contribution in [2.75, 3.05) is 6.61 Å². The molecule has 0 atom stereocenters. The van der Waals surface area contributed by atoms with Gasteiger partial charge in [0.05, 0.1) is 0 Å². The minimum absolute atomic E-state index is 0.194. The van der Waals surface area contributed by atoms with Crippen LogP contribution in [-0.2, 0) is 0 Å². The van der Waals surface area contributed by atoms with Gasteiger partial charge >= 0.3 is 0 Å². The van der Waals surface area contributed by atoms with E-state index in [9.17, 15) is 0 Å². The molecule has 0 heterocycles. The lowest BCUT2D eigenvalue weighted by Crippen LogP contribution is -1.83. The van der Waals surface area contributed by atoms with Gasteiger partial charge in [0, 0.05) is 6.61 Å². The predicted octanol–water partition coefficient (Wildman–Crippen LogP) is 4.39. The van der Waals surface area contributed by atoms with Crippen molar-refractivity contribution >= 4 is 27.6 Å². The first-order chi connectivity index (χ1) is 9.40. The Labute approximate surface area is 112 Å². The van der Waals surface area contributed by atoms with E-state index < -0.39 is 0 Å². The maximum Gasteiger partial charge on any atom is 0.0465 e. The molecule has 0 unspecified atom stereocenters. The molecule has 0 bridgehead atoms. The van der Waals surface area contributed by atoms with Crippen LogP contribution in [-0.4, -0.2) is 11.7 Å². The van der Waals surface area contributed by atoms with E-state index in [1.54, 1.807) is 0 Å². The summed E-state index contributed by atoms with van der Waals surface area (Å²) in [5, 5.41) is 13.9. The van der Waals surface area contributed by atoms with E-state index >= 15 is 0 Å². The Hall–Kier alpha value is -2.12. The van der Waals surface area contributed by atoms with E-state index in [2.05, 4.69) is 60.7 Å². The summed E-state index contributed by atoms with van der Waals surface area (Å²) in [6.07, 6.45) is 4.85. The summed E-state index contributed by atoms with van der Waals surface area (Å²) in [5.74, 6) is 0. The van der Waals surface area contributed by atoms with Crippen LogP contribution in [0, 0.1) is 0 Å². The van der Waals surface area contributed by atoms with E-state index in [1.807, 2.05) is 6.08 Å². The van der Waals surface area contributed by atoms with Gasteiger partial charge in [-0.3, -0.25) is 0 Å². The summed E-state index contributed by atoms with van der Waals surface area (Å²) in [6.45, 7) is 0.194. The van der Waals surface area contributed by atoms with Crippen LogP contribution in [0.5, 0.6) is 0 Å². The fraction of sp³-hybridized carbons (Fsp3) is 0.111. The largest absolute Gasteiger partial charge is 0.396 e. The van der Waals surface area contributed by atoms with Crippen molar-refractivity contribution < 1.29 is 5.11 Å². The number of hydrogen-bond donors (Lipinski definition) is 1. The molecule has 0 saturated heterocycles. The number of rotatable bonds is 3. The van der Waals surface area contributed by atoms with Gasteiger partial charge in [0.2, 0.25) is 0 Å². The van der Waals surface area contributed by atoms with Crippen LogP contribution in [0.1, 0.15) is 12.0 Å². The number of aliphatic hydroxyl groups excluding tert-OH is 1. The third-order valence-corrected chi connectivity index (χ3v) is 3.39. The number of benzene rings is 3. The summed E-state index contributed by atoms with van der Waals surface area (Å²) in [5.41, 5.74) is 1.24. The smallest absolute Gasteiger partial charge is 0.0465 e. The van der Waals surface area contributed by atoms with Crippen molar-refractivity contribution in [3.05, 3.63) is 66.2 Å². The maximum atomic E-state index is 8.92. The lowest BCUT2D eigenvalue weighted by molar-refractivity contribution is 0.303. The van der Waals surface area contributed by atoms with Gasteiger partial charge in [0.1, 0.15) is 0 Å². The summed E-state index contributed by atoms with van der Waals surface area (Å²) in [7, 11) is 0. The minimum atomic E-state index is 0.194. The first-order valence-electron chi connectivity index (χ1n) is 6.58. The first-order valence-corrected chi connectivity index (χ1v) is 6.58. The van der Waals surface area contributed by atoms with Crippen molar-refractivity contribution in [3.8, 4) is 0 Å². The van der Waals surface area contributed by atoms with Gasteiger partial charge < -0.3 is 5.11 Å². The molecule has 0 radical (unpaired) electrons. The van der Waals surface area contributed by atoms with Gasteiger partial charge in [0.25, 0.3) is 0 Å². The molecule has 19 heavy (non-hydrogen) atoms. The van der Waals surface area contributed by atoms with Crippen LogP contribution in [0.2, 0.25) is 0 Å². The Morgan fingerprint density at radius 2 is 1.42 bits per heavy atom. The summed E-state index contributed by atoms with van der Waals surface area (Å²) >= 11 is 0. The molecule has 94 valence electrons. The van der Waals surface area contributed by atoms with Crippen LogP contribution < -0.4 is 0 Å². The molecule has 1 nitrogen and oxygen atoms in total. The Kier molecular flexibility index (Phi) is 3.30. The monoisotopic (exact) mass is 248 g/mol. The van der Waals surface area contributed by atoms with Crippen molar-refractivity contribution in [2.24, 2.45) is 0 Å². The molecular formula is C18H16O. The Bertz CT molecular complexity index is 687. The topological polar surface area (TPSA) is 20.2 Å². The van der Waals surface area contributed by atoms with E-state index in [0.29, 0.717) is 6.42 Å². The molecule has 3 aromatic rings. The van der Waals surface area contributed by atoms with Gasteiger partial charge in [0.15, 0.2) is 0 Å². The molecule has 0 amide bonds.